The third-order valence-electron chi connectivity index (χ3n) is 3.14. The lowest BCUT2D eigenvalue weighted by molar-refractivity contribution is -0.128. The molecule has 0 radical (unpaired) electrons. The summed E-state index contributed by atoms with van der Waals surface area (Å²) in [5.41, 5.74) is 0.944. The molecule has 0 spiro atoms. The summed E-state index contributed by atoms with van der Waals surface area (Å²) in [7, 11) is 1.83. The first kappa shape index (κ1) is 21.8. The molecule has 0 saturated carbocycles. The summed E-state index contributed by atoms with van der Waals surface area (Å²) in [4.78, 5) is 24.3. The van der Waals surface area contributed by atoms with Crippen LogP contribution in [0.5, 0.6) is 0 Å². The molecular weight excluding hydrogens is 334 g/mol. The third-order valence-corrected chi connectivity index (χ3v) is 3.79. The number of amides is 2. The highest BCUT2D eigenvalue weighted by molar-refractivity contribution is 7.98. The van der Waals surface area contributed by atoms with Crippen LogP contribution in [-0.2, 0) is 16.0 Å². The van der Waals surface area contributed by atoms with Crippen molar-refractivity contribution in [2.45, 2.75) is 18.9 Å². The van der Waals surface area contributed by atoms with Crippen LogP contribution in [0.25, 0.3) is 0 Å². The number of halogens is 1. The van der Waals surface area contributed by atoms with Crippen molar-refractivity contribution in [2.24, 2.45) is 0 Å². The molecule has 0 aliphatic rings. The second-order valence-corrected chi connectivity index (χ2v) is 5.94. The molecule has 5 nitrogen and oxygen atoms in total. The Hall–Kier alpha value is -1.24. The molecule has 0 saturated heterocycles. The topological polar surface area (TPSA) is 70.2 Å². The molecule has 3 N–H and O–H groups in total. The van der Waals surface area contributed by atoms with Crippen LogP contribution in [0.3, 0.4) is 0 Å². The molecule has 0 aromatic heterocycles. The van der Waals surface area contributed by atoms with Crippen LogP contribution in [0, 0.1) is 0 Å². The Morgan fingerprint density at radius 3 is 2.48 bits per heavy atom. The number of hydrogen-bond acceptors (Lipinski definition) is 4. The van der Waals surface area contributed by atoms with Gasteiger partial charge in [0.1, 0.15) is 6.04 Å². The number of rotatable bonds is 10. The molecule has 1 atom stereocenters. The van der Waals surface area contributed by atoms with Gasteiger partial charge in [0.25, 0.3) is 0 Å². The van der Waals surface area contributed by atoms with E-state index in [1.807, 2.05) is 43.6 Å². The molecule has 1 rings (SSSR count). The van der Waals surface area contributed by atoms with Gasteiger partial charge in [0.15, 0.2) is 0 Å². The van der Waals surface area contributed by atoms with Crippen molar-refractivity contribution < 1.29 is 9.59 Å². The normalized spacial score (nSPS) is 11.2. The van der Waals surface area contributed by atoms with Crippen molar-refractivity contribution in [3.8, 4) is 0 Å². The third kappa shape index (κ3) is 9.48. The molecule has 130 valence electrons. The van der Waals surface area contributed by atoms with Crippen LogP contribution in [-0.4, -0.2) is 50.0 Å². The Labute approximate surface area is 148 Å². The zero-order chi connectivity index (χ0) is 16.2. The van der Waals surface area contributed by atoms with Crippen molar-refractivity contribution in [2.75, 3.05) is 32.1 Å². The maximum absolute atomic E-state index is 12.1. The molecule has 1 aromatic rings. The number of nitrogens with one attached hydrogen (secondary N) is 3. The number of hydrogen-bond donors (Lipinski definition) is 3. The molecule has 2 amide bonds. The minimum Gasteiger partial charge on any atom is -0.353 e. The zero-order valence-electron chi connectivity index (χ0n) is 13.6. The monoisotopic (exact) mass is 359 g/mol. The minimum absolute atomic E-state index is 0. The molecule has 0 bridgehead atoms. The van der Waals surface area contributed by atoms with E-state index in [9.17, 15) is 9.59 Å². The zero-order valence-corrected chi connectivity index (χ0v) is 15.3. The average Bonchev–Trinajstić information content (AvgIpc) is 2.52. The van der Waals surface area contributed by atoms with E-state index >= 15 is 0 Å². The van der Waals surface area contributed by atoms with Gasteiger partial charge in [0.2, 0.25) is 11.8 Å². The molecule has 0 fully saturated rings. The van der Waals surface area contributed by atoms with Crippen LogP contribution >= 0.6 is 24.2 Å². The Balaban J connectivity index is 0.00000484. The van der Waals surface area contributed by atoms with Gasteiger partial charge in [0, 0.05) is 13.1 Å². The molecule has 23 heavy (non-hydrogen) atoms. The van der Waals surface area contributed by atoms with Crippen LogP contribution in [0.1, 0.15) is 12.0 Å². The van der Waals surface area contributed by atoms with E-state index in [-0.39, 0.29) is 24.2 Å². The average molecular weight is 360 g/mol. The molecule has 7 heteroatoms. The van der Waals surface area contributed by atoms with Gasteiger partial charge in [-0.25, -0.2) is 0 Å². The number of likely N-dealkylation sites (N-methyl/N-ethyl adjacent to an activating group) is 1. The minimum atomic E-state index is -0.472. The van der Waals surface area contributed by atoms with Crippen LogP contribution in [0.2, 0.25) is 0 Å². The second-order valence-electron chi connectivity index (χ2n) is 4.96. The lowest BCUT2D eigenvalue weighted by atomic mass is 10.1. The summed E-state index contributed by atoms with van der Waals surface area (Å²) in [6, 6.07) is 9.06. The predicted molar refractivity (Wildman–Crippen MR) is 99.3 cm³/mol. The number of benzene rings is 1. The van der Waals surface area contributed by atoms with Crippen molar-refractivity contribution in [1.82, 2.24) is 16.0 Å². The lowest BCUT2D eigenvalue weighted by Gasteiger charge is -2.18. The fraction of sp³-hybridized carbons (Fsp3) is 0.500. The Morgan fingerprint density at radius 2 is 1.87 bits per heavy atom. The number of thioether (sulfide) groups is 1. The Morgan fingerprint density at radius 1 is 1.17 bits per heavy atom. The van der Waals surface area contributed by atoms with Crippen molar-refractivity contribution in [3.63, 3.8) is 0 Å². The van der Waals surface area contributed by atoms with E-state index in [4.69, 9.17) is 0 Å². The summed E-state index contributed by atoms with van der Waals surface area (Å²) in [5.74, 6) is 0.585. The van der Waals surface area contributed by atoms with E-state index in [0.717, 1.165) is 11.3 Å². The first-order chi connectivity index (χ1) is 10.7. The van der Waals surface area contributed by atoms with Gasteiger partial charge in [-0.05, 0) is 31.0 Å². The number of carbonyl (C=O) groups excluding carboxylic acids is 2. The summed E-state index contributed by atoms with van der Waals surface area (Å²) in [6.45, 7) is 1.26. The van der Waals surface area contributed by atoms with Gasteiger partial charge in [0.05, 0.1) is 6.42 Å². The molecule has 1 aromatic carbocycles. The smallest absolute Gasteiger partial charge is 0.242 e. The first-order valence-electron chi connectivity index (χ1n) is 7.42. The Bertz CT molecular complexity index is 460. The highest BCUT2D eigenvalue weighted by atomic mass is 35.5. The van der Waals surface area contributed by atoms with Gasteiger partial charge >= 0.3 is 0 Å². The molecule has 0 aliphatic carbocycles. The molecular formula is C16H26ClN3O2S. The van der Waals surface area contributed by atoms with Gasteiger partial charge in [-0.1, -0.05) is 30.3 Å². The fourth-order valence-corrected chi connectivity index (χ4v) is 2.44. The second kappa shape index (κ2) is 13.2. The van der Waals surface area contributed by atoms with E-state index in [1.165, 1.54) is 0 Å². The lowest BCUT2D eigenvalue weighted by Crippen LogP contribution is -2.48. The summed E-state index contributed by atoms with van der Waals surface area (Å²) in [5, 5.41) is 8.65. The van der Waals surface area contributed by atoms with Crippen LogP contribution in [0.15, 0.2) is 30.3 Å². The van der Waals surface area contributed by atoms with Crippen molar-refractivity contribution in [1.29, 1.82) is 0 Å². The maximum Gasteiger partial charge on any atom is 0.242 e. The molecule has 0 aliphatic heterocycles. The summed E-state index contributed by atoms with van der Waals surface area (Å²) < 4.78 is 0. The largest absolute Gasteiger partial charge is 0.353 e. The Kier molecular flexibility index (Phi) is 12.5. The van der Waals surface area contributed by atoms with E-state index < -0.39 is 6.04 Å². The van der Waals surface area contributed by atoms with Gasteiger partial charge in [-0.15, -0.1) is 12.4 Å². The van der Waals surface area contributed by atoms with Gasteiger partial charge in [-0.3, -0.25) is 9.59 Å². The highest BCUT2D eigenvalue weighted by Gasteiger charge is 2.19. The molecule has 1 unspecified atom stereocenters. The van der Waals surface area contributed by atoms with Crippen molar-refractivity contribution >= 4 is 36.0 Å². The van der Waals surface area contributed by atoms with Gasteiger partial charge < -0.3 is 16.0 Å². The van der Waals surface area contributed by atoms with E-state index in [0.29, 0.717) is 25.9 Å². The SMILES string of the molecule is CNCCNC(=O)C(CCSC)NC(=O)Cc1ccccc1.Cl. The number of carbonyl (C=O) groups is 2. The first-order valence-corrected chi connectivity index (χ1v) is 8.81. The maximum atomic E-state index is 12.1. The summed E-state index contributed by atoms with van der Waals surface area (Å²) >= 11 is 1.66. The standard InChI is InChI=1S/C16H25N3O2S.ClH/c1-17-9-10-18-16(21)14(8-11-22-2)19-15(20)12-13-6-4-3-5-7-13;/h3-7,14,17H,8-12H2,1-2H3,(H,18,21)(H,19,20);1H. The summed E-state index contributed by atoms with van der Waals surface area (Å²) in [6.07, 6.45) is 2.91. The fourth-order valence-electron chi connectivity index (χ4n) is 1.97. The van der Waals surface area contributed by atoms with E-state index in [2.05, 4.69) is 16.0 Å². The quantitative estimate of drug-likeness (QED) is 0.549. The van der Waals surface area contributed by atoms with E-state index in [1.54, 1.807) is 11.8 Å². The van der Waals surface area contributed by atoms with Crippen LogP contribution < -0.4 is 16.0 Å². The van der Waals surface area contributed by atoms with Crippen LogP contribution in [0.4, 0.5) is 0 Å². The van der Waals surface area contributed by atoms with Crippen molar-refractivity contribution in [3.05, 3.63) is 35.9 Å². The highest BCUT2D eigenvalue weighted by Crippen LogP contribution is 2.03. The molecule has 0 heterocycles. The van der Waals surface area contributed by atoms with Gasteiger partial charge in [-0.2, -0.15) is 11.8 Å². The predicted octanol–water partition coefficient (Wildman–Crippen LogP) is 1.22.